The summed E-state index contributed by atoms with van der Waals surface area (Å²) in [5, 5.41) is 5.63. The van der Waals surface area contributed by atoms with Crippen LogP contribution in [0.4, 0.5) is 0 Å². The SMILES string of the molecule is C#CC(O/N=C1/c2cc(OCC)c(OCC)cc2-c2[nH]c3ccc(OCCN4CCCC4)cc3c21)c1ccoc1.Cl. The molecule has 0 amide bonds. The van der Waals surface area contributed by atoms with Crippen LogP contribution in [0.3, 0.4) is 0 Å². The first-order valence-corrected chi connectivity index (χ1v) is 13.9. The number of benzene rings is 2. The number of aromatic nitrogens is 1. The Hall–Kier alpha value is -4.06. The lowest BCUT2D eigenvalue weighted by molar-refractivity contribution is 0.0996. The topological polar surface area (TPSA) is 81.4 Å². The van der Waals surface area contributed by atoms with Crippen LogP contribution >= 0.6 is 12.4 Å². The van der Waals surface area contributed by atoms with Crippen LogP contribution in [-0.2, 0) is 4.84 Å². The summed E-state index contributed by atoms with van der Waals surface area (Å²) in [6.45, 7) is 8.81. The van der Waals surface area contributed by atoms with E-state index >= 15 is 0 Å². The largest absolute Gasteiger partial charge is 0.492 e. The molecule has 1 atom stereocenters. The number of hydrogen-bond donors (Lipinski definition) is 1. The van der Waals surface area contributed by atoms with Crippen molar-refractivity contribution in [2.45, 2.75) is 32.8 Å². The quantitative estimate of drug-likeness (QED) is 0.142. The Kier molecular flexibility index (Phi) is 8.77. The number of H-pyrrole nitrogens is 1. The minimum absolute atomic E-state index is 0. The Balaban J connectivity index is 0.00000337. The van der Waals surface area contributed by atoms with Crippen LogP contribution in [0.5, 0.6) is 17.2 Å². The van der Waals surface area contributed by atoms with E-state index in [0.29, 0.717) is 37.0 Å². The van der Waals surface area contributed by atoms with Gasteiger partial charge in [-0.25, -0.2) is 0 Å². The first-order valence-electron chi connectivity index (χ1n) is 13.9. The van der Waals surface area contributed by atoms with Crippen LogP contribution in [0.15, 0.2) is 58.5 Å². The van der Waals surface area contributed by atoms with Gasteiger partial charge in [-0.1, -0.05) is 11.1 Å². The lowest BCUT2D eigenvalue weighted by atomic mass is 10.1. The fourth-order valence-corrected chi connectivity index (χ4v) is 5.45. The monoisotopic (exact) mass is 575 g/mol. The molecule has 3 heterocycles. The van der Waals surface area contributed by atoms with Crippen molar-refractivity contribution in [1.82, 2.24) is 9.88 Å². The maximum atomic E-state index is 6.18. The van der Waals surface area contributed by atoms with E-state index in [1.165, 1.54) is 12.8 Å². The molecular weight excluding hydrogens is 542 g/mol. The molecular formula is C32H34ClN3O5. The molecule has 0 bridgehead atoms. The average molecular weight is 576 g/mol. The molecule has 0 saturated carbocycles. The Bertz CT molecular complexity index is 1560. The molecule has 9 heteroatoms. The molecule has 6 rings (SSSR count). The third kappa shape index (κ3) is 5.61. The summed E-state index contributed by atoms with van der Waals surface area (Å²) in [4.78, 5) is 12.0. The van der Waals surface area contributed by atoms with Crippen molar-refractivity contribution < 1.29 is 23.5 Å². The van der Waals surface area contributed by atoms with Gasteiger partial charge < -0.3 is 28.4 Å². The van der Waals surface area contributed by atoms with Crippen LogP contribution in [-0.4, -0.2) is 55.1 Å². The Labute approximate surface area is 246 Å². The van der Waals surface area contributed by atoms with Crippen molar-refractivity contribution in [2.75, 3.05) is 39.5 Å². The van der Waals surface area contributed by atoms with Gasteiger partial charge in [0, 0.05) is 39.7 Å². The number of fused-ring (bicyclic) bond motifs is 5. The number of nitrogens with zero attached hydrogens (tertiary/aromatic N) is 2. The zero-order valence-electron chi connectivity index (χ0n) is 23.3. The van der Waals surface area contributed by atoms with Crippen molar-refractivity contribution in [1.29, 1.82) is 0 Å². The summed E-state index contributed by atoms with van der Waals surface area (Å²) in [7, 11) is 0. The second kappa shape index (κ2) is 12.6. The fraction of sp³-hybridized carbons (Fsp3) is 0.344. The summed E-state index contributed by atoms with van der Waals surface area (Å²) in [5.41, 5.74) is 6.05. The van der Waals surface area contributed by atoms with Crippen LogP contribution in [0.1, 0.15) is 49.5 Å². The lowest BCUT2D eigenvalue weighted by Crippen LogP contribution is -2.25. The number of oxime groups is 1. The summed E-state index contributed by atoms with van der Waals surface area (Å²) < 4.78 is 23.3. The Morgan fingerprint density at radius 1 is 1.02 bits per heavy atom. The molecule has 0 radical (unpaired) electrons. The molecule has 0 spiro atoms. The van der Waals surface area contributed by atoms with Gasteiger partial charge in [0.2, 0.25) is 6.10 Å². The molecule has 2 aromatic heterocycles. The van der Waals surface area contributed by atoms with E-state index in [1.54, 1.807) is 18.6 Å². The van der Waals surface area contributed by atoms with Gasteiger partial charge in [-0.15, -0.1) is 18.8 Å². The number of hydrogen-bond acceptors (Lipinski definition) is 7. The van der Waals surface area contributed by atoms with Crippen LogP contribution < -0.4 is 14.2 Å². The number of ether oxygens (including phenoxy) is 3. The number of aromatic amines is 1. The van der Waals surface area contributed by atoms with E-state index in [2.05, 4.69) is 27.0 Å². The van der Waals surface area contributed by atoms with Gasteiger partial charge in [-0.3, -0.25) is 4.90 Å². The van der Waals surface area contributed by atoms with E-state index in [1.807, 2.05) is 38.1 Å². The molecule has 4 aromatic rings. The minimum Gasteiger partial charge on any atom is -0.492 e. The predicted molar refractivity (Wildman–Crippen MR) is 161 cm³/mol. The highest BCUT2D eigenvalue weighted by molar-refractivity contribution is 6.30. The maximum absolute atomic E-state index is 6.18. The fourth-order valence-electron chi connectivity index (χ4n) is 5.45. The van der Waals surface area contributed by atoms with Crippen molar-refractivity contribution in [3.63, 3.8) is 0 Å². The van der Waals surface area contributed by atoms with Crippen molar-refractivity contribution >= 4 is 29.0 Å². The number of halogens is 1. The lowest BCUT2D eigenvalue weighted by Gasteiger charge is -2.15. The number of likely N-dealkylation sites (tertiary alicyclic amines) is 1. The summed E-state index contributed by atoms with van der Waals surface area (Å²) >= 11 is 0. The number of rotatable bonds is 11. The zero-order chi connectivity index (χ0) is 27.5. The molecule has 41 heavy (non-hydrogen) atoms. The average Bonchev–Trinajstić information content (AvgIpc) is 3.77. The number of terminal acetylenes is 1. The van der Waals surface area contributed by atoms with Gasteiger partial charge >= 0.3 is 0 Å². The van der Waals surface area contributed by atoms with Crippen LogP contribution in [0.2, 0.25) is 0 Å². The third-order valence-corrected chi connectivity index (χ3v) is 7.34. The van der Waals surface area contributed by atoms with E-state index in [4.69, 9.17) is 29.9 Å². The highest BCUT2D eigenvalue weighted by atomic mass is 35.5. The molecule has 2 aromatic carbocycles. The Morgan fingerprint density at radius 3 is 2.46 bits per heavy atom. The third-order valence-electron chi connectivity index (χ3n) is 7.34. The van der Waals surface area contributed by atoms with E-state index < -0.39 is 6.10 Å². The molecule has 1 N–H and O–H groups in total. The molecule has 1 fully saturated rings. The highest BCUT2D eigenvalue weighted by Crippen LogP contribution is 2.46. The van der Waals surface area contributed by atoms with Crippen LogP contribution in [0.25, 0.3) is 22.2 Å². The summed E-state index contributed by atoms with van der Waals surface area (Å²) in [6.07, 6.45) is 10.8. The minimum atomic E-state index is -0.692. The highest BCUT2D eigenvalue weighted by Gasteiger charge is 2.32. The van der Waals surface area contributed by atoms with Crippen LogP contribution in [0, 0.1) is 12.3 Å². The zero-order valence-corrected chi connectivity index (χ0v) is 24.1. The molecule has 2 aliphatic rings. The molecule has 1 aliphatic heterocycles. The smallest absolute Gasteiger partial charge is 0.215 e. The van der Waals surface area contributed by atoms with Crippen molar-refractivity contribution in [3.05, 3.63) is 65.6 Å². The standard InChI is InChI=1S/C32H33N3O5.ClH/c1-4-27(21-11-15-36-20-21)40-34-32-24-19-29(38-6-3)28(37-5-2)18-23(24)31-30(32)25-17-22(9-10-26(25)33-31)39-16-14-35-12-7-8-13-35;/h1,9-11,15,17-20,27,33H,5-8,12-14,16H2,2-3H3;1H/b34-32-;. The summed E-state index contributed by atoms with van der Waals surface area (Å²) in [6, 6.07) is 11.9. The maximum Gasteiger partial charge on any atom is 0.215 e. The van der Waals surface area contributed by atoms with Gasteiger partial charge in [0.1, 0.15) is 18.1 Å². The van der Waals surface area contributed by atoms with E-state index in [0.717, 1.165) is 64.2 Å². The predicted octanol–water partition coefficient (Wildman–Crippen LogP) is 6.58. The van der Waals surface area contributed by atoms with Crippen molar-refractivity contribution in [2.24, 2.45) is 5.16 Å². The second-order valence-electron chi connectivity index (χ2n) is 9.84. The van der Waals surface area contributed by atoms with E-state index in [-0.39, 0.29) is 12.4 Å². The molecule has 214 valence electrons. The molecule has 8 nitrogen and oxygen atoms in total. The van der Waals surface area contributed by atoms with Gasteiger partial charge in [0.25, 0.3) is 0 Å². The number of furan rings is 1. The van der Waals surface area contributed by atoms with Gasteiger partial charge in [0.15, 0.2) is 11.5 Å². The van der Waals surface area contributed by atoms with Gasteiger partial charge in [-0.2, -0.15) is 0 Å². The normalized spacial score (nSPS) is 15.7. The van der Waals surface area contributed by atoms with E-state index in [9.17, 15) is 0 Å². The van der Waals surface area contributed by atoms with Crippen molar-refractivity contribution in [3.8, 4) is 40.8 Å². The molecule has 1 saturated heterocycles. The Morgan fingerprint density at radius 2 is 1.78 bits per heavy atom. The summed E-state index contributed by atoms with van der Waals surface area (Å²) in [5.74, 6) is 4.80. The second-order valence-corrected chi connectivity index (χ2v) is 9.84. The van der Waals surface area contributed by atoms with Gasteiger partial charge in [-0.05, 0) is 76.2 Å². The first-order chi connectivity index (χ1) is 19.7. The number of nitrogens with one attached hydrogen (secondary N) is 1. The van der Waals surface area contributed by atoms with Gasteiger partial charge in [0.05, 0.1) is 31.4 Å². The molecule has 1 unspecified atom stereocenters. The first kappa shape index (κ1) is 28.5. The molecule has 1 aliphatic carbocycles.